The first kappa shape index (κ1) is 22.0. The van der Waals surface area contributed by atoms with E-state index in [1.54, 1.807) is 6.92 Å². The molecule has 30 heavy (non-hydrogen) atoms. The molecule has 0 fully saturated rings. The van der Waals surface area contributed by atoms with Gasteiger partial charge in [-0.2, -0.15) is 13.2 Å². The number of nitrogens with zero attached hydrogens (tertiary/aromatic N) is 2. The number of halogens is 4. The molecule has 5 nitrogen and oxygen atoms in total. The molecule has 9 heteroatoms. The summed E-state index contributed by atoms with van der Waals surface area (Å²) in [5, 5.41) is 10.8. The summed E-state index contributed by atoms with van der Waals surface area (Å²) in [6.07, 6.45) is -4.87. The van der Waals surface area contributed by atoms with Crippen molar-refractivity contribution in [1.82, 2.24) is 15.0 Å². The average molecular weight is 425 g/mol. The Kier molecular flexibility index (Phi) is 5.53. The van der Waals surface area contributed by atoms with Crippen molar-refractivity contribution < 1.29 is 27.4 Å². The van der Waals surface area contributed by atoms with Crippen LogP contribution in [0.25, 0.3) is 11.0 Å². The van der Waals surface area contributed by atoms with Gasteiger partial charge in [0.25, 0.3) is 0 Å². The number of rotatable bonds is 6. The van der Waals surface area contributed by atoms with E-state index in [9.17, 15) is 22.7 Å². The standard InChI is InChI=1S/C21H23F4N3O2/c1-12-26-10-17-16(27-12)8-14(28-17)9-20(29,21(23,24)25)11-19(2,3)15-7-13(22)5-6-18(15)30-4/h5-8,10,28-29H,9,11H2,1-4H3. The van der Waals surface area contributed by atoms with Crippen LogP contribution in [0.15, 0.2) is 30.5 Å². The Morgan fingerprint density at radius 2 is 1.87 bits per heavy atom. The number of aromatic nitrogens is 3. The van der Waals surface area contributed by atoms with Crippen molar-refractivity contribution in [2.75, 3.05) is 7.11 Å². The van der Waals surface area contributed by atoms with Crippen LogP contribution < -0.4 is 4.74 Å². The molecule has 1 atom stereocenters. The Labute approximate surface area is 171 Å². The molecule has 1 unspecified atom stereocenters. The van der Waals surface area contributed by atoms with Crippen molar-refractivity contribution in [2.24, 2.45) is 0 Å². The van der Waals surface area contributed by atoms with Crippen molar-refractivity contribution in [1.29, 1.82) is 0 Å². The molecule has 1 aromatic carbocycles. The van der Waals surface area contributed by atoms with Gasteiger partial charge in [-0.25, -0.2) is 14.4 Å². The van der Waals surface area contributed by atoms with Gasteiger partial charge < -0.3 is 14.8 Å². The van der Waals surface area contributed by atoms with E-state index in [0.29, 0.717) is 16.9 Å². The van der Waals surface area contributed by atoms with Crippen molar-refractivity contribution >= 4 is 11.0 Å². The molecule has 0 amide bonds. The van der Waals surface area contributed by atoms with Gasteiger partial charge in [-0.3, -0.25) is 0 Å². The van der Waals surface area contributed by atoms with Gasteiger partial charge >= 0.3 is 6.18 Å². The largest absolute Gasteiger partial charge is 0.496 e. The molecule has 2 heterocycles. The number of alkyl halides is 3. The number of aromatic amines is 1. The predicted molar refractivity (Wildman–Crippen MR) is 104 cm³/mol. The van der Waals surface area contributed by atoms with Gasteiger partial charge in [-0.15, -0.1) is 0 Å². The van der Waals surface area contributed by atoms with Gasteiger partial charge in [-0.1, -0.05) is 13.8 Å². The SMILES string of the molecule is COc1ccc(F)cc1C(C)(C)CC(O)(Cc1cc2nc(C)ncc2[nH]1)C(F)(F)F. The molecule has 0 aliphatic rings. The fraction of sp³-hybridized carbons (Fsp3) is 0.429. The quantitative estimate of drug-likeness (QED) is 0.566. The highest BCUT2D eigenvalue weighted by Crippen LogP contribution is 2.45. The lowest BCUT2D eigenvalue weighted by molar-refractivity contribution is -0.266. The molecule has 0 aliphatic heterocycles. The number of benzene rings is 1. The highest BCUT2D eigenvalue weighted by atomic mass is 19.4. The molecule has 3 aromatic rings. The van der Waals surface area contributed by atoms with Crippen molar-refractivity contribution in [3.63, 3.8) is 0 Å². The summed E-state index contributed by atoms with van der Waals surface area (Å²) in [6, 6.07) is 5.13. The minimum absolute atomic E-state index is 0.173. The minimum Gasteiger partial charge on any atom is -0.496 e. The Morgan fingerprint density at radius 3 is 2.50 bits per heavy atom. The van der Waals surface area contributed by atoms with E-state index in [1.807, 2.05) is 0 Å². The Hall–Kier alpha value is -2.68. The number of H-pyrrole nitrogens is 1. The molecule has 162 valence electrons. The van der Waals surface area contributed by atoms with E-state index in [0.717, 1.165) is 6.07 Å². The first-order valence-corrected chi connectivity index (χ1v) is 9.29. The van der Waals surface area contributed by atoms with E-state index in [-0.39, 0.29) is 17.0 Å². The van der Waals surface area contributed by atoms with Crippen molar-refractivity contribution in [3.8, 4) is 5.75 Å². The number of ether oxygens (including phenoxy) is 1. The highest BCUT2D eigenvalue weighted by Gasteiger charge is 2.56. The summed E-state index contributed by atoms with van der Waals surface area (Å²) in [5.74, 6) is 0.139. The van der Waals surface area contributed by atoms with Crippen LogP contribution in [0, 0.1) is 12.7 Å². The van der Waals surface area contributed by atoms with Gasteiger partial charge in [0.15, 0.2) is 5.60 Å². The second-order valence-corrected chi connectivity index (χ2v) is 8.12. The smallest absolute Gasteiger partial charge is 0.417 e. The van der Waals surface area contributed by atoms with E-state index in [1.165, 1.54) is 45.4 Å². The number of aliphatic hydroxyl groups is 1. The van der Waals surface area contributed by atoms with E-state index >= 15 is 0 Å². The van der Waals surface area contributed by atoms with Crippen LogP contribution in [0.3, 0.4) is 0 Å². The topological polar surface area (TPSA) is 71.0 Å². The molecule has 0 bridgehead atoms. The molecule has 0 spiro atoms. The molecule has 0 saturated heterocycles. The monoisotopic (exact) mass is 425 g/mol. The third kappa shape index (κ3) is 4.26. The van der Waals surface area contributed by atoms with E-state index < -0.39 is 35.9 Å². The van der Waals surface area contributed by atoms with E-state index in [2.05, 4.69) is 15.0 Å². The minimum atomic E-state index is -4.93. The predicted octanol–water partition coefficient (Wildman–Crippen LogP) is 4.62. The lowest BCUT2D eigenvalue weighted by atomic mass is 9.73. The van der Waals surface area contributed by atoms with Gasteiger partial charge in [0.1, 0.15) is 17.4 Å². The van der Waals surface area contributed by atoms with Crippen molar-refractivity contribution in [2.45, 2.75) is 50.8 Å². The Bertz CT molecular complexity index is 1060. The summed E-state index contributed by atoms with van der Waals surface area (Å²) in [7, 11) is 1.36. The summed E-state index contributed by atoms with van der Waals surface area (Å²) >= 11 is 0. The maximum atomic E-state index is 14.0. The highest BCUT2D eigenvalue weighted by molar-refractivity contribution is 5.75. The second kappa shape index (κ2) is 7.54. The lowest BCUT2D eigenvalue weighted by Gasteiger charge is -2.38. The van der Waals surface area contributed by atoms with Crippen LogP contribution in [0.1, 0.15) is 37.4 Å². The zero-order valence-corrected chi connectivity index (χ0v) is 17.1. The van der Waals surface area contributed by atoms with Gasteiger partial charge in [0.05, 0.1) is 24.3 Å². The van der Waals surface area contributed by atoms with Crippen LogP contribution in [0.5, 0.6) is 5.75 Å². The number of hydrogen-bond donors (Lipinski definition) is 2. The maximum Gasteiger partial charge on any atom is 0.417 e. The molecule has 2 aromatic heterocycles. The summed E-state index contributed by atoms with van der Waals surface area (Å²) in [4.78, 5) is 11.0. The zero-order chi connectivity index (χ0) is 22.3. The van der Waals surface area contributed by atoms with Gasteiger partial charge in [-0.05, 0) is 43.0 Å². The Balaban J connectivity index is 1.99. The molecular weight excluding hydrogens is 402 g/mol. The van der Waals surface area contributed by atoms with Gasteiger partial charge in [0, 0.05) is 17.7 Å². The zero-order valence-electron chi connectivity index (χ0n) is 17.1. The molecule has 3 rings (SSSR count). The molecule has 2 N–H and O–H groups in total. The molecule has 0 saturated carbocycles. The fourth-order valence-electron chi connectivity index (χ4n) is 3.78. The van der Waals surface area contributed by atoms with Crippen LogP contribution in [-0.2, 0) is 11.8 Å². The number of fused-ring (bicyclic) bond motifs is 1. The first-order chi connectivity index (χ1) is 13.8. The average Bonchev–Trinajstić information content (AvgIpc) is 3.01. The van der Waals surface area contributed by atoms with Gasteiger partial charge in [0.2, 0.25) is 0 Å². The molecular formula is C21H23F4N3O2. The molecule has 0 aliphatic carbocycles. The maximum absolute atomic E-state index is 14.0. The second-order valence-electron chi connectivity index (χ2n) is 8.12. The van der Waals surface area contributed by atoms with Crippen LogP contribution in [-0.4, -0.2) is 38.9 Å². The van der Waals surface area contributed by atoms with Crippen LogP contribution in [0.2, 0.25) is 0 Å². The third-order valence-electron chi connectivity index (χ3n) is 5.18. The fourth-order valence-corrected chi connectivity index (χ4v) is 3.78. The van der Waals surface area contributed by atoms with E-state index in [4.69, 9.17) is 4.74 Å². The third-order valence-corrected chi connectivity index (χ3v) is 5.18. The van der Waals surface area contributed by atoms with Crippen LogP contribution in [0.4, 0.5) is 17.6 Å². The summed E-state index contributed by atoms with van der Waals surface area (Å²) in [5.41, 5.74) is -2.96. The normalized spacial score (nSPS) is 14.7. The lowest BCUT2D eigenvalue weighted by Crippen LogP contribution is -2.51. The number of aryl methyl sites for hydroxylation is 1. The Morgan fingerprint density at radius 1 is 1.17 bits per heavy atom. The first-order valence-electron chi connectivity index (χ1n) is 9.29. The van der Waals surface area contributed by atoms with Crippen LogP contribution >= 0.6 is 0 Å². The van der Waals surface area contributed by atoms with Crippen molar-refractivity contribution in [3.05, 3.63) is 53.4 Å². The molecule has 0 radical (unpaired) electrons. The number of hydrogen-bond acceptors (Lipinski definition) is 4. The summed E-state index contributed by atoms with van der Waals surface area (Å²) < 4.78 is 61.1. The number of nitrogens with one attached hydrogen (secondary N) is 1. The summed E-state index contributed by atoms with van der Waals surface area (Å²) in [6.45, 7) is 4.70. The number of methoxy groups -OCH3 is 1.